The van der Waals surface area contributed by atoms with Crippen molar-refractivity contribution in [2.75, 3.05) is 12.4 Å². The molecule has 0 bridgehead atoms. The summed E-state index contributed by atoms with van der Waals surface area (Å²) in [6.45, 7) is 1.99. The Labute approximate surface area is 167 Å². The number of anilines is 2. The molecule has 0 aliphatic carbocycles. The minimum absolute atomic E-state index is 0.321. The van der Waals surface area contributed by atoms with Gasteiger partial charge in [-0.2, -0.15) is 0 Å². The average molecular weight is 387 g/mol. The monoisotopic (exact) mass is 387 g/mol. The third-order valence-electron chi connectivity index (χ3n) is 4.60. The first-order valence-corrected chi connectivity index (χ1v) is 9.04. The van der Waals surface area contributed by atoms with Crippen LogP contribution in [0.3, 0.4) is 0 Å². The smallest absolute Gasteiger partial charge is 0.337 e. The summed E-state index contributed by atoms with van der Waals surface area (Å²) in [5.41, 5.74) is 4.81. The number of ether oxygens (including phenoxy) is 1. The maximum atomic E-state index is 13.4. The van der Waals surface area contributed by atoms with E-state index in [1.807, 2.05) is 31.2 Å². The van der Waals surface area contributed by atoms with Crippen molar-refractivity contribution < 1.29 is 13.9 Å². The summed E-state index contributed by atoms with van der Waals surface area (Å²) in [6.07, 6.45) is 0. The van der Waals surface area contributed by atoms with Crippen molar-refractivity contribution in [1.82, 2.24) is 9.97 Å². The maximum absolute atomic E-state index is 13.4. The van der Waals surface area contributed by atoms with Gasteiger partial charge in [0.2, 0.25) is 0 Å². The highest BCUT2D eigenvalue weighted by atomic mass is 19.1. The number of rotatable bonds is 4. The SMILES string of the molecule is COC(=O)c1ccc2nc(-c3ccc(F)cc3)c(Nc3ccccc3C)nc2c1. The van der Waals surface area contributed by atoms with Gasteiger partial charge in [0, 0.05) is 11.3 Å². The molecule has 0 saturated carbocycles. The van der Waals surface area contributed by atoms with Crippen LogP contribution < -0.4 is 5.32 Å². The molecule has 0 unspecified atom stereocenters. The highest BCUT2D eigenvalue weighted by molar-refractivity contribution is 5.94. The van der Waals surface area contributed by atoms with Gasteiger partial charge in [-0.25, -0.2) is 19.2 Å². The number of nitrogens with zero attached hydrogens (tertiary/aromatic N) is 2. The third kappa shape index (κ3) is 3.78. The number of aromatic nitrogens is 2. The molecule has 1 N–H and O–H groups in total. The number of carbonyl (C=O) groups excluding carboxylic acids is 1. The largest absolute Gasteiger partial charge is 0.465 e. The fourth-order valence-corrected chi connectivity index (χ4v) is 3.04. The first-order valence-electron chi connectivity index (χ1n) is 9.04. The molecule has 0 spiro atoms. The Morgan fingerprint density at radius 1 is 0.966 bits per heavy atom. The van der Waals surface area contributed by atoms with E-state index in [-0.39, 0.29) is 5.82 Å². The second-order valence-electron chi connectivity index (χ2n) is 6.56. The lowest BCUT2D eigenvalue weighted by atomic mass is 10.1. The zero-order valence-corrected chi connectivity index (χ0v) is 15.9. The van der Waals surface area contributed by atoms with Crippen molar-refractivity contribution in [3.8, 4) is 11.3 Å². The van der Waals surface area contributed by atoms with E-state index in [2.05, 4.69) is 5.32 Å². The zero-order chi connectivity index (χ0) is 20.4. The predicted molar refractivity (Wildman–Crippen MR) is 111 cm³/mol. The first-order chi connectivity index (χ1) is 14.0. The number of benzene rings is 3. The van der Waals surface area contributed by atoms with Crippen molar-refractivity contribution in [3.05, 3.63) is 83.7 Å². The summed E-state index contributed by atoms with van der Waals surface area (Å²) in [6, 6.07) is 18.9. The van der Waals surface area contributed by atoms with E-state index in [1.165, 1.54) is 19.2 Å². The standard InChI is InChI=1S/C23H18FN3O2/c1-14-5-3-4-6-18(14)26-22-21(15-7-10-17(24)11-8-15)25-19-12-9-16(23(28)29-2)13-20(19)27-22/h3-13H,1-2H3,(H,26,27). The molecule has 0 fully saturated rings. The number of hydrogen-bond donors (Lipinski definition) is 1. The molecule has 4 rings (SSSR count). The van der Waals surface area contributed by atoms with Gasteiger partial charge in [-0.15, -0.1) is 0 Å². The van der Waals surface area contributed by atoms with Crippen molar-refractivity contribution in [2.45, 2.75) is 6.92 Å². The molecular weight excluding hydrogens is 369 g/mol. The van der Waals surface area contributed by atoms with Crippen molar-refractivity contribution in [1.29, 1.82) is 0 Å². The third-order valence-corrected chi connectivity index (χ3v) is 4.60. The summed E-state index contributed by atoms with van der Waals surface area (Å²) >= 11 is 0. The number of nitrogens with one attached hydrogen (secondary N) is 1. The molecule has 0 aliphatic rings. The predicted octanol–water partition coefficient (Wildman–Crippen LogP) is 5.27. The molecule has 0 amide bonds. The molecule has 1 aromatic heterocycles. The van der Waals surface area contributed by atoms with Gasteiger partial charge in [-0.3, -0.25) is 0 Å². The summed E-state index contributed by atoms with van der Waals surface area (Å²) in [5, 5.41) is 3.33. The molecule has 5 nitrogen and oxygen atoms in total. The van der Waals surface area contributed by atoms with Gasteiger partial charge in [0.1, 0.15) is 11.5 Å². The summed E-state index contributed by atoms with van der Waals surface area (Å²) < 4.78 is 18.2. The minimum Gasteiger partial charge on any atom is -0.465 e. The van der Waals surface area contributed by atoms with Crippen LogP contribution in [0.1, 0.15) is 15.9 Å². The van der Waals surface area contributed by atoms with Gasteiger partial charge in [-0.1, -0.05) is 18.2 Å². The molecule has 4 aromatic rings. The summed E-state index contributed by atoms with van der Waals surface area (Å²) in [4.78, 5) is 21.3. The first kappa shape index (κ1) is 18.6. The number of methoxy groups -OCH3 is 1. The van der Waals surface area contributed by atoms with E-state index in [1.54, 1.807) is 30.3 Å². The van der Waals surface area contributed by atoms with Crippen LogP contribution in [0, 0.1) is 12.7 Å². The minimum atomic E-state index is -0.440. The number of halogens is 1. The number of para-hydroxylation sites is 1. The van der Waals surface area contributed by atoms with E-state index < -0.39 is 5.97 Å². The second kappa shape index (κ2) is 7.67. The van der Waals surface area contributed by atoms with E-state index in [0.717, 1.165) is 16.8 Å². The number of esters is 1. The molecule has 29 heavy (non-hydrogen) atoms. The van der Waals surface area contributed by atoms with Gasteiger partial charge in [0.15, 0.2) is 5.82 Å². The quantitative estimate of drug-likeness (QED) is 0.483. The Balaban J connectivity index is 1.90. The highest BCUT2D eigenvalue weighted by Gasteiger charge is 2.14. The lowest BCUT2D eigenvalue weighted by Gasteiger charge is -2.14. The number of aryl methyl sites for hydroxylation is 1. The van der Waals surface area contributed by atoms with Crippen LogP contribution in [0.5, 0.6) is 0 Å². The lowest BCUT2D eigenvalue weighted by Crippen LogP contribution is -2.04. The molecule has 0 aliphatic heterocycles. The molecule has 0 radical (unpaired) electrons. The second-order valence-corrected chi connectivity index (χ2v) is 6.56. The summed E-state index contributed by atoms with van der Waals surface area (Å²) in [7, 11) is 1.33. The van der Waals surface area contributed by atoms with Crippen LogP contribution in [0.15, 0.2) is 66.7 Å². The fraction of sp³-hybridized carbons (Fsp3) is 0.0870. The Morgan fingerprint density at radius 2 is 1.72 bits per heavy atom. The van der Waals surface area contributed by atoms with E-state index in [9.17, 15) is 9.18 Å². The fourth-order valence-electron chi connectivity index (χ4n) is 3.04. The van der Waals surface area contributed by atoms with Crippen LogP contribution in [0.25, 0.3) is 22.3 Å². The summed E-state index contributed by atoms with van der Waals surface area (Å²) in [5.74, 6) is -0.247. The van der Waals surface area contributed by atoms with E-state index in [4.69, 9.17) is 14.7 Å². The topological polar surface area (TPSA) is 64.1 Å². The van der Waals surface area contributed by atoms with Crippen LogP contribution in [0.4, 0.5) is 15.9 Å². The normalized spacial score (nSPS) is 10.7. The van der Waals surface area contributed by atoms with Crippen LogP contribution in [-0.2, 0) is 4.74 Å². The van der Waals surface area contributed by atoms with Crippen LogP contribution in [-0.4, -0.2) is 23.0 Å². The highest BCUT2D eigenvalue weighted by Crippen LogP contribution is 2.30. The molecule has 0 saturated heterocycles. The Morgan fingerprint density at radius 3 is 2.45 bits per heavy atom. The number of fused-ring (bicyclic) bond motifs is 1. The van der Waals surface area contributed by atoms with Gasteiger partial charge in [0.05, 0.1) is 23.7 Å². The maximum Gasteiger partial charge on any atom is 0.337 e. The van der Waals surface area contributed by atoms with Gasteiger partial charge < -0.3 is 10.1 Å². The van der Waals surface area contributed by atoms with Crippen LogP contribution >= 0.6 is 0 Å². The molecule has 144 valence electrons. The zero-order valence-electron chi connectivity index (χ0n) is 15.9. The number of hydrogen-bond acceptors (Lipinski definition) is 5. The Kier molecular flexibility index (Phi) is 4.91. The molecule has 1 heterocycles. The lowest BCUT2D eigenvalue weighted by molar-refractivity contribution is 0.0601. The van der Waals surface area contributed by atoms with E-state index in [0.29, 0.717) is 28.1 Å². The number of carbonyl (C=O) groups is 1. The molecular formula is C23H18FN3O2. The van der Waals surface area contributed by atoms with Crippen LogP contribution in [0.2, 0.25) is 0 Å². The van der Waals surface area contributed by atoms with Gasteiger partial charge in [0.25, 0.3) is 0 Å². The van der Waals surface area contributed by atoms with Crippen molar-refractivity contribution in [3.63, 3.8) is 0 Å². The molecule has 6 heteroatoms. The van der Waals surface area contributed by atoms with Crippen molar-refractivity contribution >= 4 is 28.5 Å². The molecule has 3 aromatic carbocycles. The molecule has 0 atom stereocenters. The Bertz CT molecular complexity index is 1210. The van der Waals surface area contributed by atoms with E-state index >= 15 is 0 Å². The van der Waals surface area contributed by atoms with Crippen molar-refractivity contribution in [2.24, 2.45) is 0 Å². The van der Waals surface area contributed by atoms with Gasteiger partial charge in [-0.05, 0) is 61.0 Å². The average Bonchev–Trinajstić information content (AvgIpc) is 2.74. The van der Waals surface area contributed by atoms with Gasteiger partial charge >= 0.3 is 5.97 Å². The Hall–Kier alpha value is -3.80.